The number of hydrogen-bond acceptors (Lipinski definition) is 5. The minimum Gasteiger partial charge on any atom is -0.507 e. The zero-order valence-electron chi connectivity index (χ0n) is 16.8. The van der Waals surface area contributed by atoms with Gasteiger partial charge in [0.15, 0.2) is 5.57 Å². The van der Waals surface area contributed by atoms with Gasteiger partial charge in [0.25, 0.3) is 0 Å². The Kier molecular flexibility index (Phi) is 7.77. The fraction of sp³-hybridized carbons (Fsp3) is 0.0769. The van der Waals surface area contributed by atoms with E-state index in [4.69, 9.17) is 9.47 Å². The van der Waals surface area contributed by atoms with Gasteiger partial charge < -0.3 is 14.6 Å². The number of aliphatic hydroxyl groups is 1. The fourth-order valence-electron chi connectivity index (χ4n) is 2.71. The molecule has 0 aromatic heterocycles. The van der Waals surface area contributed by atoms with Crippen LogP contribution in [-0.2, 0) is 32.3 Å². The largest absolute Gasteiger partial charge is 0.507 e. The second kappa shape index (κ2) is 11.2. The molecule has 3 rings (SSSR count). The highest BCUT2D eigenvalue weighted by atomic mass is 16.6. The van der Waals surface area contributed by atoms with Crippen molar-refractivity contribution in [2.24, 2.45) is 0 Å². The van der Waals surface area contributed by atoms with Crippen molar-refractivity contribution >= 4 is 18.0 Å². The lowest BCUT2D eigenvalue weighted by Gasteiger charge is -2.10. The van der Waals surface area contributed by atoms with Crippen molar-refractivity contribution in [2.75, 3.05) is 0 Å². The molecule has 3 aromatic rings. The van der Waals surface area contributed by atoms with Crippen LogP contribution in [0.1, 0.15) is 16.7 Å². The maximum Gasteiger partial charge on any atom is 0.349 e. The third-order valence-corrected chi connectivity index (χ3v) is 4.32. The van der Waals surface area contributed by atoms with Crippen molar-refractivity contribution in [3.63, 3.8) is 0 Å². The summed E-state index contributed by atoms with van der Waals surface area (Å²) in [5.74, 6) is -2.45. The van der Waals surface area contributed by atoms with Gasteiger partial charge in [0.2, 0.25) is 0 Å². The summed E-state index contributed by atoms with van der Waals surface area (Å²) in [7, 11) is 0. The summed E-state index contributed by atoms with van der Waals surface area (Å²) in [6.45, 7) is -0.0738. The summed E-state index contributed by atoms with van der Waals surface area (Å²) in [6.07, 6.45) is 2.86. The van der Waals surface area contributed by atoms with Crippen LogP contribution < -0.4 is 0 Å². The van der Waals surface area contributed by atoms with E-state index >= 15 is 0 Å². The molecule has 156 valence electrons. The van der Waals surface area contributed by atoms with Crippen LogP contribution in [0.4, 0.5) is 0 Å². The molecular weight excluding hydrogens is 392 g/mol. The molecule has 31 heavy (non-hydrogen) atoms. The summed E-state index contributed by atoms with van der Waals surface area (Å²) in [4.78, 5) is 25.3. The molecule has 0 heterocycles. The van der Waals surface area contributed by atoms with E-state index in [1.54, 1.807) is 30.3 Å². The quantitative estimate of drug-likeness (QED) is 0.140. The van der Waals surface area contributed by atoms with E-state index in [1.807, 2.05) is 66.7 Å². The molecule has 0 spiro atoms. The summed E-state index contributed by atoms with van der Waals surface area (Å²) >= 11 is 0. The van der Waals surface area contributed by atoms with Crippen LogP contribution in [0.25, 0.3) is 6.08 Å². The van der Waals surface area contributed by atoms with Gasteiger partial charge in [0.1, 0.15) is 19.0 Å². The van der Waals surface area contributed by atoms with Gasteiger partial charge in [-0.05, 0) is 22.8 Å². The molecule has 0 amide bonds. The van der Waals surface area contributed by atoms with Crippen molar-refractivity contribution in [1.29, 1.82) is 0 Å². The van der Waals surface area contributed by atoms with Gasteiger partial charge in [-0.3, -0.25) is 0 Å². The standard InChI is InChI=1S/C26H22O5/c27-23(17-16-20-10-4-1-5-11-20)24(25(28)30-18-21-12-6-2-7-13-21)26(29)31-19-22-14-8-3-9-15-22/h1-17,27H,18-19H2/b17-16+. The summed E-state index contributed by atoms with van der Waals surface area (Å²) in [6, 6.07) is 27.3. The van der Waals surface area contributed by atoms with Gasteiger partial charge in [0, 0.05) is 0 Å². The van der Waals surface area contributed by atoms with E-state index in [-0.39, 0.29) is 13.2 Å². The highest BCUT2D eigenvalue weighted by molar-refractivity contribution is 6.14. The molecule has 3 aromatic carbocycles. The number of rotatable bonds is 8. The van der Waals surface area contributed by atoms with E-state index < -0.39 is 23.3 Å². The SMILES string of the molecule is O=C(OCc1ccccc1)C(C(=O)OCc1ccccc1)=C(O)/C=C/c1ccccc1. The number of allylic oxidation sites excluding steroid dienone is 1. The lowest BCUT2D eigenvalue weighted by atomic mass is 10.1. The van der Waals surface area contributed by atoms with Gasteiger partial charge in [0.05, 0.1) is 0 Å². The summed E-state index contributed by atoms with van der Waals surface area (Å²) in [5.41, 5.74) is 1.75. The van der Waals surface area contributed by atoms with Crippen molar-refractivity contribution in [1.82, 2.24) is 0 Å². The van der Waals surface area contributed by atoms with Crippen molar-refractivity contribution < 1.29 is 24.2 Å². The highest BCUT2D eigenvalue weighted by Gasteiger charge is 2.26. The molecule has 0 saturated carbocycles. The third kappa shape index (κ3) is 6.72. The number of carbonyl (C=O) groups is 2. The molecule has 5 nitrogen and oxygen atoms in total. The average molecular weight is 414 g/mol. The van der Waals surface area contributed by atoms with E-state index in [2.05, 4.69) is 0 Å². The Morgan fingerprint density at radius 2 is 1.10 bits per heavy atom. The highest BCUT2D eigenvalue weighted by Crippen LogP contribution is 2.14. The molecule has 0 bridgehead atoms. The van der Waals surface area contributed by atoms with E-state index in [0.717, 1.165) is 16.7 Å². The molecule has 0 radical (unpaired) electrons. The Hall–Kier alpha value is -4.12. The minimum absolute atomic E-state index is 0.0369. The molecule has 0 aliphatic carbocycles. The molecule has 1 N–H and O–H groups in total. The predicted molar refractivity (Wildman–Crippen MR) is 118 cm³/mol. The molecule has 0 saturated heterocycles. The van der Waals surface area contributed by atoms with Crippen LogP contribution >= 0.6 is 0 Å². The molecule has 0 atom stereocenters. The Balaban J connectivity index is 1.78. The second-order valence-corrected chi connectivity index (χ2v) is 6.63. The molecule has 5 heteroatoms. The monoisotopic (exact) mass is 414 g/mol. The van der Waals surface area contributed by atoms with E-state index in [9.17, 15) is 14.7 Å². The van der Waals surface area contributed by atoms with Crippen LogP contribution in [0.5, 0.6) is 0 Å². The molecule has 0 aliphatic rings. The van der Waals surface area contributed by atoms with E-state index in [0.29, 0.717) is 0 Å². The molecule has 0 unspecified atom stereocenters. The van der Waals surface area contributed by atoms with Gasteiger partial charge >= 0.3 is 11.9 Å². The number of aliphatic hydroxyl groups excluding tert-OH is 1. The predicted octanol–water partition coefficient (Wildman–Crippen LogP) is 5.00. The maximum absolute atomic E-state index is 12.6. The van der Waals surface area contributed by atoms with Crippen LogP contribution in [0.2, 0.25) is 0 Å². The Morgan fingerprint density at radius 1 is 0.677 bits per heavy atom. The smallest absolute Gasteiger partial charge is 0.349 e. The number of hydrogen-bond donors (Lipinski definition) is 1. The normalized spacial score (nSPS) is 10.5. The topological polar surface area (TPSA) is 72.8 Å². The molecule has 0 fully saturated rings. The van der Waals surface area contributed by atoms with Crippen molar-refractivity contribution in [3.8, 4) is 0 Å². The fourth-order valence-corrected chi connectivity index (χ4v) is 2.71. The Bertz CT molecular complexity index is 997. The van der Waals surface area contributed by atoms with Crippen molar-refractivity contribution in [3.05, 3.63) is 125 Å². The second-order valence-electron chi connectivity index (χ2n) is 6.63. The van der Waals surface area contributed by atoms with Gasteiger partial charge in [-0.25, -0.2) is 9.59 Å². The summed E-state index contributed by atoms with van der Waals surface area (Å²) in [5, 5.41) is 10.5. The maximum atomic E-state index is 12.6. The zero-order valence-corrected chi connectivity index (χ0v) is 16.8. The Morgan fingerprint density at radius 3 is 1.55 bits per heavy atom. The lowest BCUT2D eigenvalue weighted by molar-refractivity contribution is -0.148. The minimum atomic E-state index is -0.961. The van der Waals surface area contributed by atoms with Gasteiger partial charge in [-0.1, -0.05) is 97.1 Å². The zero-order chi connectivity index (χ0) is 21.9. The van der Waals surface area contributed by atoms with Crippen LogP contribution in [-0.4, -0.2) is 17.0 Å². The number of carbonyl (C=O) groups excluding carboxylic acids is 2. The van der Waals surface area contributed by atoms with E-state index in [1.165, 1.54) is 6.08 Å². The number of esters is 2. The number of benzene rings is 3. The average Bonchev–Trinajstić information content (AvgIpc) is 2.82. The first-order valence-corrected chi connectivity index (χ1v) is 9.72. The van der Waals surface area contributed by atoms with Crippen LogP contribution in [0.3, 0.4) is 0 Å². The van der Waals surface area contributed by atoms with Crippen molar-refractivity contribution in [2.45, 2.75) is 13.2 Å². The lowest BCUT2D eigenvalue weighted by Crippen LogP contribution is -2.20. The first-order chi connectivity index (χ1) is 15.1. The molecule has 0 aliphatic heterocycles. The third-order valence-electron chi connectivity index (χ3n) is 4.32. The number of ether oxygens (including phenoxy) is 2. The Labute approximate surface area is 180 Å². The van der Waals surface area contributed by atoms with Crippen LogP contribution in [0, 0.1) is 0 Å². The summed E-state index contributed by atoms with van der Waals surface area (Å²) < 4.78 is 10.5. The molecular formula is C26H22O5. The van der Waals surface area contributed by atoms with Crippen LogP contribution in [0.15, 0.2) is 108 Å². The van der Waals surface area contributed by atoms with Gasteiger partial charge in [-0.15, -0.1) is 0 Å². The van der Waals surface area contributed by atoms with Gasteiger partial charge in [-0.2, -0.15) is 0 Å². The first kappa shape index (κ1) is 21.6. The first-order valence-electron chi connectivity index (χ1n) is 9.72.